The molecule has 5 heterocycles. The number of rotatable bonds is 7. The van der Waals surface area contributed by atoms with Gasteiger partial charge >= 0.3 is 12.0 Å². The third-order valence-corrected chi connectivity index (χ3v) is 11.3. The number of hydrogen-bond acceptors (Lipinski definition) is 9. The molecule has 53 heavy (non-hydrogen) atoms. The number of aryl methyl sites for hydroxylation is 1. The maximum absolute atomic E-state index is 14.1. The van der Waals surface area contributed by atoms with Crippen LogP contribution in [-0.2, 0) is 38.4 Å². The quantitative estimate of drug-likeness (QED) is 0.169. The van der Waals surface area contributed by atoms with Gasteiger partial charge in [-0.15, -0.1) is 11.3 Å². The van der Waals surface area contributed by atoms with Crippen molar-refractivity contribution >= 4 is 51.9 Å². The number of amides is 3. The summed E-state index contributed by atoms with van der Waals surface area (Å²) in [7, 11) is 1.68. The van der Waals surface area contributed by atoms with Gasteiger partial charge in [0, 0.05) is 78.8 Å². The van der Waals surface area contributed by atoms with Gasteiger partial charge in [0.05, 0.1) is 34.8 Å². The lowest BCUT2D eigenvalue weighted by molar-refractivity contribution is -0.155. The monoisotopic (exact) mass is 743 g/mol. The number of nitrogens with one attached hydrogen (secondary N) is 2. The normalized spacial score (nSPS) is 22.1. The van der Waals surface area contributed by atoms with Gasteiger partial charge in [-0.2, -0.15) is 0 Å². The van der Waals surface area contributed by atoms with Crippen molar-refractivity contribution in [3.8, 4) is 11.3 Å². The van der Waals surface area contributed by atoms with Crippen molar-refractivity contribution in [2.24, 2.45) is 10.4 Å². The van der Waals surface area contributed by atoms with E-state index in [0.29, 0.717) is 45.4 Å². The molecule has 2 fully saturated rings. The summed E-state index contributed by atoms with van der Waals surface area (Å²) in [5.74, 6) is -0.703. The maximum atomic E-state index is 14.1. The van der Waals surface area contributed by atoms with Gasteiger partial charge in [-0.3, -0.25) is 19.6 Å². The minimum Gasteiger partial charge on any atom is -0.464 e. The second kappa shape index (κ2) is 16.4. The molecule has 0 spiro atoms. The smallest absolute Gasteiger partial charge is 0.324 e. The summed E-state index contributed by atoms with van der Waals surface area (Å²) >= 11 is 1.47. The predicted octanol–water partition coefficient (Wildman–Crippen LogP) is 6.15. The molecular formula is C40H53N7O5S. The van der Waals surface area contributed by atoms with Crippen molar-refractivity contribution < 1.29 is 23.9 Å². The number of carbonyl (C=O) groups excluding carboxylic acids is 3. The van der Waals surface area contributed by atoms with Crippen molar-refractivity contribution in [3.63, 3.8) is 0 Å². The van der Waals surface area contributed by atoms with Crippen LogP contribution in [0.5, 0.6) is 0 Å². The van der Waals surface area contributed by atoms with Crippen LogP contribution in [0.3, 0.4) is 0 Å². The number of thiazole rings is 1. The average molecular weight is 744 g/mol. The Bertz CT molecular complexity index is 1920. The summed E-state index contributed by atoms with van der Waals surface area (Å²) in [5, 5.41) is 8.30. The zero-order valence-electron chi connectivity index (χ0n) is 31.9. The number of benzene rings is 1. The van der Waals surface area contributed by atoms with Crippen LogP contribution >= 0.6 is 11.3 Å². The largest absolute Gasteiger partial charge is 0.464 e. The van der Waals surface area contributed by atoms with E-state index in [1.165, 1.54) is 16.3 Å². The van der Waals surface area contributed by atoms with Gasteiger partial charge in [-0.05, 0) is 70.6 Å². The number of ether oxygens (including phenoxy) is 2. The number of esters is 1. The first-order valence-electron chi connectivity index (χ1n) is 18.8. The highest BCUT2D eigenvalue weighted by atomic mass is 32.1. The van der Waals surface area contributed by atoms with E-state index < -0.39 is 23.5 Å². The van der Waals surface area contributed by atoms with E-state index in [4.69, 9.17) is 19.5 Å². The summed E-state index contributed by atoms with van der Waals surface area (Å²) in [6, 6.07) is 4.59. The van der Waals surface area contributed by atoms with Crippen LogP contribution in [-0.4, -0.2) is 95.1 Å². The summed E-state index contributed by atoms with van der Waals surface area (Å²) < 4.78 is 14.1. The number of nitrogens with zero attached hydrogens (tertiary/aromatic N) is 5. The Labute approximate surface area is 316 Å². The van der Waals surface area contributed by atoms with Gasteiger partial charge < -0.3 is 24.3 Å². The summed E-state index contributed by atoms with van der Waals surface area (Å²) in [6.07, 6.45) is 7.20. The summed E-state index contributed by atoms with van der Waals surface area (Å²) in [5.41, 5.74) is 9.24. The van der Waals surface area contributed by atoms with Crippen LogP contribution in [0.2, 0.25) is 0 Å². The zero-order valence-corrected chi connectivity index (χ0v) is 32.7. The number of hydrogen-bond donors (Lipinski definition) is 2. The topological polar surface area (TPSA) is 130 Å². The number of hydrazine groups is 1. The Balaban J connectivity index is 1.50. The van der Waals surface area contributed by atoms with E-state index in [-0.39, 0.29) is 31.1 Å². The molecule has 3 aromatic rings. The van der Waals surface area contributed by atoms with E-state index in [2.05, 4.69) is 60.9 Å². The SMILES string of the molecule is C=C/C(=C(\N=CC)[C@H](C)OC)c1c2c3cc(ccc3n1CC)-c1csc(n1)C[C@H](NC(=O)N1CCCC1)C(=O)N1CCC[C@H](N1)C(=O)OCC(C)(C)C2. The van der Waals surface area contributed by atoms with Crippen LogP contribution in [0.1, 0.15) is 76.6 Å². The Morgan fingerprint density at radius 2 is 2.02 bits per heavy atom. The minimum absolute atomic E-state index is 0.168. The Morgan fingerprint density at radius 3 is 2.72 bits per heavy atom. The number of methoxy groups -OCH3 is 1. The molecule has 0 radical (unpaired) electrons. The zero-order chi connectivity index (χ0) is 37.9. The lowest BCUT2D eigenvalue weighted by Crippen LogP contribution is -2.61. The highest BCUT2D eigenvalue weighted by Crippen LogP contribution is 2.40. The molecule has 6 rings (SSSR count). The highest BCUT2D eigenvalue weighted by Gasteiger charge is 2.36. The number of likely N-dealkylation sites (tertiary alicyclic amines) is 1. The molecule has 0 aliphatic carbocycles. The molecule has 1 aromatic carbocycles. The Hall–Kier alpha value is -4.33. The lowest BCUT2D eigenvalue weighted by Gasteiger charge is -2.35. The lowest BCUT2D eigenvalue weighted by atomic mass is 9.84. The molecule has 3 atom stereocenters. The summed E-state index contributed by atoms with van der Waals surface area (Å²) in [4.78, 5) is 52.6. The highest BCUT2D eigenvalue weighted by molar-refractivity contribution is 7.10. The first kappa shape index (κ1) is 38.4. The van der Waals surface area contributed by atoms with Gasteiger partial charge in [0.1, 0.15) is 12.1 Å². The van der Waals surface area contributed by atoms with Crippen molar-refractivity contribution in [1.29, 1.82) is 0 Å². The molecule has 2 aromatic heterocycles. The van der Waals surface area contributed by atoms with Gasteiger partial charge in [0.25, 0.3) is 5.91 Å². The maximum Gasteiger partial charge on any atom is 0.324 e. The van der Waals surface area contributed by atoms with Gasteiger partial charge in [-0.25, -0.2) is 15.2 Å². The van der Waals surface area contributed by atoms with Crippen LogP contribution < -0.4 is 10.7 Å². The predicted molar refractivity (Wildman–Crippen MR) is 210 cm³/mol. The Morgan fingerprint density at radius 1 is 1.25 bits per heavy atom. The molecule has 3 aliphatic heterocycles. The number of carbonyl (C=O) groups is 3. The van der Waals surface area contributed by atoms with E-state index in [1.54, 1.807) is 18.2 Å². The third kappa shape index (κ3) is 8.12. The molecule has 3 aliphatic rings. The molecule has 0 unspecified atom stereocenters. The number of aromatic nitrogens is 2. The molecule has 2 N–H and O–H groups in total. The number of fused-ring (bicyclic) bond motifs is 6. The van der Waals surface area contributed by atoms with Crippen molar-refractivity contribution in [2.75, 3.05) is 33.4 Å². The van der Waals surface area contributed by atoms with Gasteiger partial charge in [0.15, 0.2) is 0 Å². The average Bonchev–Trinajstić information content (AvgIpc) is 3.93. The second-order valence-electron chi connectivity index (χ2n) is 14.9. The van der Waals surface area contributed by atoms with E-state index in [0.717, 1.165) is 62.5 Å². The fourth-order valence-electron chi connectivity index (χ4n) is 7.64. The standard InChI is InChI=1S/C40H53N7O5S/c1-8-27(35(41-9-2)25(4)51-7)36-29-22-40(5,6)24-52-38(49)30-14-13-19-47(44-30)37(48)31(43-39(50)45-17-11-12-18-45)21-34-42-32(23-53-34)26-15-16-33(28(29)20-26)46(36)10-3/h8-9,15-16,20,23,25,30-31,44H,1,10-14,17-19,21-22,24H2,2-7H3,(H,43,50)/b35-27+,41-9?/t25-,30-,31-/m0/s1. The fourth-order valence-corrected chi connectivity index (χ4v) is 8.49. The van der Waals surface area contributed by atoms with Crippen molar-refractivity contribution in [1.82, 2.24) is 30.2 Å². The molecule has 0 saturated carbocycles. The van der Waals surface area contributed by atoms with Gasteiger partial charge in [-0.1, -0.05) is 32.6 Å². The molecular weight excluding hydrogens is 691 g/mol. The number of aliphatic imine (C=N–C) groups is 1. The molecule has 6 bridgehead atoms. The van der Waals surface area contributed by atoms with Crippen molar-refractivity contribution in [2.45, 2.75) is 97.9 Å². The molecule has 2 saturated heterocycles. The third-order valence-electron chi connectivity index (χ3n) is 10.4. The van der Waals surface area contributed by atoms with E-state index in [1.807, 2.05) is 25.3 Å². The second-order valence-corrected chi connectivity index (χ2v) is 15.8. The first-order valence-corrected chi connectivity index (χ1v) is 19.6. The summed E-state index contributed by atoms with van der Waals surface area (Å²) in [6.45, 7) is 17.1. The van der Waals surface area contributed by atoms with Crippen molar-refractivity contribution in [3.05, 3.63) is 58.2 Å². The van der Waals surface area contributed by atoms with Crippen LogP contribution in [0.25, 0.3) is 27.7 Å². The molecule has 13 heteroatoms. The number of allylic oxidation sites excluding steroid dienone is 2. The fraction of sp³-hybridized carbons (Fsp3) is 0.525. The van der Waals surface area contributed by atoms with Crippen LogP contribution in [0.4, 0.5) is 4.79 Å². The van der Waals surface area contributed by atoms with E-state index >= 15 is 0 Å². The number of urea groups is 1. The number of cyclic esters (lactones) is 1. The molecule has 3 amide bonds. The van der Waals surface area contributed by atoms with Crippen LogP contribution in [0, 0.1) is 5.41 Å². The first-order chi connectivity index (χ1) is 25.5. The molecule has 12 nitrogen and oxygen atoms in total. The Kier molecular flexibility index (Phi) is 11.9. The molecule has 284 valence electrons. The van der Waals surface area contributed by atoms with E-state index in [9.17, 15) is 14.4 Å². The van der Waals surface area contributed by atoms with Crippen LogP contribution in [0.15, 0.2) is 46.9 Å². The minimum atomic E-state index is -0.865. The van der Waals surface area contributed by atoms with Gasteiger partial charge in [0.2, 0.25) is 0 Å².